The highest BCUT2D eigenvalue weighted by atomic mass is 32.2. The van der Waals surface area contributed by atoms with Gasteiger partial charge in [-0.1, -0.05) is 12.1 Å². The molecule has 1 aromatic rings. The zero-order valence-corrected chi connectivity index (χ0v) is 11.6. The Morgan fingerprint density at radius 2 is 1.94 bits per heavy atom. The summed E-state index contributed by atoms with van der Waals surface area (Å²) in [7, 11) is -3.38. The highest BCUT2D eigenvalue weighted by molar-refractivity contribution is 7.98. The smallest absolute Gasteiger partial charge is 0.210 e. The molecule has 0 bridgehead atoms. The van der Waals surface area contributed by atoms with Gasteiger partial charge in [-0.3, -0.25) is 0 Å². The third kappa shape index (κ3) is 5.54. The third-order valence-corrected chi connectivity index (χ3v) is 3.97. The van der Waals surface area contributed by atoms with Crippen molar-refractivity contribution >= 4 is 21.8 Å². The average Bonchev–Trinajstić information content (AvgIpc) is 2.27. The van der Waals surface area contributed by atoms with E-state index in [4.69, 9.17) is 5.14 Å². The van der Waals surface area contributed by atoms with Crippen LogP contribution >= 0.6 is 11.8 Å². The van der Waals surface area contributed by atoms with E-state index in [1.165, 1.54) is 4.90 Å². The molecule has 96 valence electrons. The molecule has 0 fully saturated rings. The molecule has 0 radical (unpaired) electrons. The Morgan fingerprint density at radius 3 is 2.41 bits per heavy atom. The molecular weight excluding hydrogens is 256 g/mol. The molecule has 0 spiro atoms. The Bertz CT molecular complexity index is 443. The summed E-state index contributed by atoms with van der Waals surface area (Å²) >= 11 is 1.69. The van der Waals surface area contributed by atoms with Crippen LogP contribution in [0.2, 0.25) is 0 Å². The minimum Gasteiger partial charge on any atom is -0.309 e. The van der Waals surface area contributed by atoms with E-state index in [2.05, 4.69) is 17.4 Å². The monoisotopic (exact) mass is 274 g/mol. The lowest BCUT2D eigenvalue weighted by atomic mass is 10.1. The molecule has 0 aliphatic carbocycles. The van der Waals surface area contributed by atoms with Gasteiger partial charge in [-0.05, 0) is 30.9 Å². The normalized spacial score (nSPS) is 13.6. The van der Waals surface area contributed by atoms with Crippen LogP contribution in [-0.2, 0) is 10.0 Å². The first-order valence-corrected chi connectivity index (χ1v) is 8.24. The second kappa shape index (κ2) is 6.39. The van der Waals surface area contributed by atoms with Gasteiger partial charge in [-0.15, -0.1) is 11.8 Å². The van der Waals surface area contributed by atoms with Crippen LogP contribution < -0.4 is 10.5 Å². The van der Waals surface area contributed by atoms with Gasteiger partial charge in [0.15, 0.2) is 0 Å². The van der Waals surface area contributed by atoms with Crippen LogP contribution in [0.15, 0.2) is 29.2 Å². The van der Waals surface area contributed by atoms with E-state index >= 15 is 0 Å². The van der Waals surface area contributed by atoms with Crippen LogP contribution in [-0.4, -0.2) is 27.0 Å². The number of nitrogens with one attached hydrogen (secondary N) is 1. The summed E-state index contributed by atoms with van der Waals surface area (Å²) in [6.45, 7) is 2.36. The van der Waals surface area contributed by atoms with Crippen LogP contribution in [0.3, 0.4) is 0 Å². The number of hydrogen-bond acceptors (Lipinski definition) is 4. The number of hydrogen-bond donors (Lipinski definition) is 2. The summed E-state index contributed by atoms with van der Waals surface area (Å²) in [6, 6.07) is 8.31. The number of rotatable bonds is 6. The molecule has 3 N–H and O–H groups in total. The molecule has 0 aliphatic heterocycles. The molecule has 6 heteroatoms. The van der Waals surface area contributed by atoms with E-state index in [0.29, 0.717) is 6.54 Å². The summed E-state index contributed by atoms with van der Waals surface area (Å²) in [5.74, 6) is -0.0414. The van der Waals surface area contributed by atoms with Gasteiger partial charge in [0.1, 0.15) is 0 Å². The van der Waals surface area contributed by atoms with Crippen molar-refractivity contribution in [2.75, 3.05) is 18.6 Å². The third-order valence-electron chi connectivity index (χ3n) is 2.45. The quantitative estimate of drug-likeness (QED) is 0.768. The van der Waals surface area contributed by atoms with Crippen molar-refractivity contribution in [2.45, 2.75) is 17.9 Å². The van der Waals surface area contributed by atoms with E-state index in [1.54, 1.807) is 11.8 Å². The Balaban J connectivity index is 2.49. The minimum atomic E-state index is -3.38. The van der Waals surface area contributed by atoms with Crippen molar-refractivity contribution in [1.29, 1.82) is 0 Å². The summed E-state index contributed by atoms with van der Waals surface area (Å²) < 4.78 is 21.5. The maximum Gasteiger partial charge on any atom is 0.210 e. The fourth-order valence-electron chi connectivity index (χ4n) is 1.43. The molecule has 0 amide bonds. The molecule has 4 nitrogen and oxygen atoms in total. The lowest BCUT2D eigenvalue weighted by molar-refractivity contribution is 0.573. The number of primary sulfonamides is 1. The zero-order chi connectivity index (χ0) is 12.9. The average molecular weight is 274 g/mol. The molecule has 1 unspecified atom stereocenters. The molecular formula is C11H18N2O2S2. The first-order chi connectivity index (χ1) is 7.92. The Hall–Kier alpha value is -0.560. The molecule has 0 heterocycles. The molecule has 17 heavy (non-hydrogen) atoms. The first kappa shape index (κ1) is 14.5. The van der Waals surface area contributed by atoms with Gasteiger partial charge in [0.2, 0.25) is 10.0 Å². The van der Waals surface area contributed by atoms with Gasteiger partial charge in [-0.25, -0.2) is 13.6 Å². The van der Waals surface area contributed by atoms with Crippen LogP contribution in [0.4, 0.5) is 0 Å². The van der Waals surface area contributed by atoms with E-state index in [0.717, 1.165) is 5.56 Å². The minimum absolute atomic E-state index is 0.0414. The van der Waals surface area contributed by atoms with Crippen molar-refractivity contribution < 1.29 is 8.42 Å². The predicted molar refractivity (Wildman–Crippen MR) is 72.6 cm³/mol. The number of benzene rings is 1. The zero-order valence-electron chi connectivity index (χ0n) is 10.0. The largest absolute Gasteiger partial charge is 0.309 e. The van der Waals surface area contributed by atoms with Crippen LogP contribution in [0.1, 0.15) is 18.5 Å². The molecule has 0 saturated carbocycles. The fraction of sp³-hybridized carbons (Fsp3) is 0.455. The van der Waals surface area contributed by atoms with E-state index in [9.17, 15) is 8.42 Å². The lowest BCUT2D eigenvalue weighted by Gasteiger charge is -2.14. The topological polar surface area (TPSA) is 72.2 Å². The van der Waals surface area contributed by atoms with Crippen molar-refractivity contribution in [3.8, 4) is 0 Å². The SMILES string of the molecule is CSc1ccc(C(C)NCCS(N)(=O)=O)cc1. The van der Waals surface area contributed by atoms with Gasteiger partial charge < -0.3 is 5.32 Å². The highest BCUT2D eigenvalue weighted by Gasteiger charge is 2.07. The second-order valence-electron chi connectivity index (χ2n) is 3.82. The summed E-state index contributed by atoms with van der Waals surface area (Å²) in [4.78, 5) is 1.21. The van der Waals surface area contributed by atoms with Gasteiger partial charge in [-0.2, -0.15) is 0 Å². The lowest BCUT2D eigenvalue weighted by Crippen LogP contribution is -2.28. The van der Waals surface area contributed by atoms with Gasteiger partial charge in [0.05, 0.1) is 5.75 Å². The summed E-state index contributed by atoms with van der Waals surface area (Å²) in [5.41, 5.74) is 1.14. The first-order valence-electron chi connectivity index (χ1n) is 5.30. The van der Waals surface area contributed by atoms with E-state index in [-0.39, 0.29) is 11.8 Å². The number of thioether (sulfide) groups is 1. The molecule has 0 saturated heterocycles. The molecule has 1 aromatic carbocycles. The summed E-state index contributed by atoms with van der Waals surface area (Å²) in [5, 5.41) is 8.05. The van der Waals surface area contributed by atoms with Crippen LogP contribution in [0.25, 0.3) is 0 Å². The molecule has 0 aliphatic rings. The fourth-order valence-corrected chi connectivity index (χ4v) is 2.24. The van der Waals surface area contributed by atoms with Gasteiger partial charge in [0, 0.05) is 17.5 Å². The highest BCUT2D eigenvalue weighted by Crippen LogP contribution is 2.18. The Kier molecular flexibility index (Phi) is 5.45. The van der Waals surface area contributed by atoms with Crippen molar-refractivity contribution in [2.24, 2.45) is 5.14 Å². The van der Waals surface area contributed by atoms with E-state index < -0.39 is 10.0 Å². The molecule has 1 rings (SSSR count). The van der Waals surface area contributed by atoms with Crippen LogP contribution in [0.5, 0.6) is 0 Å². The van der Waals surface area contributed by atoms with Crippen molar-refractivity contribution in [3.05, 3.63) is 29.8 Å². The maximum absolute atomic E-state index is 10.8. The maximum atomic E-state index is 10.8. The Morgan fingerprint density at radius 1 is 1.35 bits per heavy atom. The number of nitrogens with two attached hydrogens (primary N) is 1. The second-order valence-corrected chi connectivity index (χ2v) is 6.43. The molecule has 0 aromatic heterocycles. The van der Waals surface area contributed by atoms with Crippen molar-refractivity contribution in [1.82, 2.24) is 5.32 Å². The summed E-state index contributed by atoms with van der Waals surface area (Å²) in [6.07, 6.45) is 2.03. The predicted octanol–water partition coefficient (Wildman–Crippen LogP) is 1.35. The number of sulfonamides is 1. The standard InChI is InChI=1S/C11H18N2O2S2/c1-9(13-7-8-17(12,14)15)10-3-5-11(16-2)6-4-10/h3-6,9,13H,7-8H2,1-2H3,(H2,12,14,15). The molecule has 1 atom stereocenters. The Labute approximate surface area is 107 Å². The van der Waals surface area contributed by atoms with E-state index in [1.807, 2.05) is 25.3 Å². The van der Waals surface area contributed by atoms with Gasteiger partial charge in [0.25, 0.3) is 0 Å². The van der Waals surface area contributed by atoms with Crippen molar-refractivity contribution in [3.63, 3.8) is 0 Å². The van der Waals surface area contributed by atoms with Crippen LogP contribution in [0, 0.1) is 0 Å². The van der Waals surface area contributed by atoms with Gasteiger partial charge >= 0.3 is 0 Å².